The average Bonchev–Trinajstić information content (AvgIpc) is 3.28. The van der Waals surface area contributed by atoms with E-state index in [2.05, 4.69) is 4.90 Å². The zero-order valence-corrected chi connectivity index (χ0v) is 16.4. The molecule has 2 aromatic carbocycles. The molecule has 28 heavy (non-hydrogen) atoms. The molecule has 0 aliphatic carbocycles. The lowest BCUT2D eigenvalue weighted by atomic mass is 10.1. The third-order valence-corrected chi connectivity index (χ3v) is 5.99. The molecule has 1 atom stereocenters. The van der Waals surface area contributed by atoms with Crippen molar-refractivity contribution in [3.63, 3.8) is 0 Å². The number of anilines is 1. The number of rotatable bonds is 3. The standard InChI is InChI=1S/C20H17ClN4O2S/c21-15-6-4-13(5-7-15)17-11-25-19(22-17)28-20(23-25)24-8-9-27-18(12-24)14-2-1-3-16(26)10-14/h1-7,10-11,18,26H,8-9,12H2. The minimum absolute atomic E-state index is 0.0956. The van der Waals surface area contributed by atoms with Gasteiger partial charge in [-0.1, -0.05) is 47.2 Å². The second-order valence-corrected chi connectivity index (χ2v) is 8.02. The third-order valence-electron chi connectivity index (χ3n) is 4.75. The smallest absolute Gasteiger partial charge is 0.214 e. The molecule has 0 spiro atoms. The summed E-state index contributed by atoms with van der Waals surface area (Å²) in [6.45, 7) is 2.07. The van der Waals surface area contributed by atoms with Gasteiger partial charge in [0.2, 0.25) is 10.1 Å². The molecule has 3 heterocycles. The van der Waals surface area contributed by atoms with E-state index in [1.165, 1.54) is 0 Å². The van der Waals surface area contributed by atoms with E-state index in [4.69, 9.17) is 26.4 Å². The molecule has 0 amide bonds. The van der Waals surface area contributed by atoms with E-state index in [0.717, 1.165) is 33.5 Å². The zero-order chi connectivity index (χ0) is 19.1. The first-order valence-electron chi connectivity index (χ1n) is 8.93. The Labute approximate surface area is 170 Å². The number of nitrogens with zero attached hydrogens (tertiary/aromatic N) is 4. The van der Waals surface area contributed by atoms with Gasteiger partial charge < -0.3 is 14.7 Å². The van der Waals surface area contributed by atoms with Crippen LogP contribution in [0.15, 0.2) is 54.7 Å². The van der Waals surface area contributed by atoms with Crippen molar-refractivity contribution in [2.24, 2.45) is 0 Å². The lowest BCUT2D eigenvalue weighted by molar-refractivity contribution is 0.0396. The van der Waals surface area contributed by atoms with Crippen molar-refractivity contribution >= 4 is 33.0 Å². The number of aromatic hydroxyl groups is 1. The van der Waals surface area contributed by atoms with Crippen molar-refractivity contribution in [2.45, 2.75) is 6.10 Å². The third kappa shape index (κ3) is 3.32. The summed E-state index contributed by atoms with van der Waals surface area (Å²) in [5.41, 5.74) is 2.86. The number of hydrogen-bond donors (Lipinski definition) is 1. The molecule has 6 nitrogen and oxygen atoms in total. The zero-order valence-electron chi connectivity index (χ0n) is 14.8. The first kappa shape index (κ1) is 17.5. The van der Waals surface area contributed by atoms with E-state index in [1.54, 1.807) is 23.5 Å². The SMILES string of the molecule is Oc1cccc(C2CN(c3nn4cc(-c5ccc(Cl)cc5)nc4s3)CCO2)c1. The Bertz CT molecular complexity index is 1090. The van der Waals surface area contributed by atoms with Gasteiger partial charge in [0.25, 0.3) is 0 Å². The maximum absolute atomic E-state index is 9.73. The molecule has 0 bridgehead atoms. The number of hydrogen-bond acceptors (Lipinski definition) is 6. The van der Waals surface area contributed by atoms with E-state index in [0.29, 0.717) is 18.2 Å². The van der Waals surface area contributed by atoms with Crippen LogP contribution >= 0.6 is 22.9 Å². The van der Waals surface area contributed by atoms with Gasteiger partial charge in [-0.15, -0.1) is 5.10 Å². The van der Waals surface area contributed by atoms with Crippen LogP contribution in [0.3, 0.4) is 0 Å². The maximum Gasteiger partial charge on any atom is 0.214 e. The summed E-state index contributed by atoms with van der Waals surface area (Å²) >= 11 is 7.52. The van der Waals surface area contributed by atoms with Crippen molar-refractivity contribution in [3.8, 4) is 17.0 Å². The fraction of sp³-hybridized carbons (Fsp3) is 0.200. The van der Waals surface area contributed by atoms with Gasteiger partial charge in [-0.05, 0) is 29.8 Å². The highest BCUT2D eigenvalue weighted by Gasteiger charge is 2.25. The molecule has 1 N–H and O–H groups in total. The van der Waals surface area contributed by atoms with Crippen LogP contribution in [-0.4, -0.2) is 39.4 Å². The van der Waals surface area contributed by atoms with Gasteiger partial charge >= 0.3 is 0 Å². The van der Waals surface area contributed by atoms with Gasteiger partial charge in [0.05, 0.1) is 25.0 Å². The van der Waals surface area contributed by atoms with Crippen LogP contribution in [0.25, 0.3) is 16.2 Å². The number of phenolic OH excluding ortho intramolecular Hbond substituents is 1. The average molecular weight is 413 g/mol. The predicted molar refractivity (Wildman–Crippen MR) is 110 cm³/mol. The van der Waals surface area contributed by atoms with Crippen molar-refractivity contribution in [1.29, 1.82) is 0 Å². The number of imidazole rings is 1. The molecule has 8 heteroatoms. The summed E-state index contributed by atoms with van der Waals surface area (Å²) in [4.78, 5) is 7.76. The summed E-state index contributed by atoms with van der Waals surface area (Å²) in [6.07, 6.45) is 1.84. The number of benzene rings is 2. The monoisotopic (exact) mass is 412 g/mol. The summed E-state index contributed by atoms with van der Waals surface area (Å²) in [6, 6.07) is 14.9. The Kier molecular flexibility index (Phi) is 4.43. The molecule has 142 valence electrons. The van der Waals surface area contributed by atoms with Crippen LogP contribution in [0.4, 0.5) is 5.13 Å². The maximum atomic E-state index is 9.73. The molecule has 1 unspecified atom stereocenters. The Morgan fingerprint density at radius 2 is 2.04 bits per heavy atom. The molecule has 5 rings (SSSR count). The number of morpholine rings is 1. The molecule has 4 aromatic rings. The van der Waals surface area contributed by atoms with E-state index in [9.17, 15) is 5.11 Å². The number of aromatic nitrogens is 3. The van der Waals surface area contributed by atoms with Crippen LogP contribution in [0.1, 0.15) is 11.7 Å². The summed E-state index contributed by atoms with van der Waals surface area (Å²) in [5, 5.41) is 16.1. The van der Waals surface area contributed by atoms with Crippen molar-refractivity contribution in [2.75, 3.05) is 24.6 Å². The molecule has 2 aromatic heterocycles. The lowest BCUT2D eigenvalue weighted by Crippen LogP contribution is -2.38. The van der Waals surface area contributed by atoms with Gasteiger partial charge in [-0.2, -0.15) is 0 Å². The van der Waals surface area contributed by atoms with Crippen molar-refractivity contribution in [1.82, 2.24) is 14.6 Å². The fourth-order valence-electron chi connectivity index (χ4n) is 3.33. The number of fused-ring (bicyclic) bond motifs is 1. The predicted octanol–water partition coefficient (Wildman–Crippen LogP) is 4.39. The van der Waals surface area contributed by atoms with Gasteiger partial charge in [0.1, 0.15) is 11.9 Å². The molecule has 1 saturated heterocycles. The number of phenols is 1. The van der Waals surface area contributed by atoms with Gasteiger partial charge in [0.15, 0.2) is 0 Å². The molecule has 1 aliphatic heterocycles. The summed E-state index contributed by atoms with van der Waals surface area (Å²) < 4.78 is 7.73. The second-order valence-electron chi connectivity index (χ2n) is 6.65. The molecular weight excluding hydrogens is 396 g/mol. The van der Waals surface area contributed by atoms with Crippen LogP contribution in [0.5, 0.6) is 5.75 Å². The van der Waals surface area contributed by atoms with Crippen LogP contribution in [0.2, 0.25) is 5.02 Å². The van der Waals surface area contributed by atoms with Crippen LogP contribution < -0.4 is 4.90 Å². The van der Waals surface area contributed by atoms with Crippen molar-refractivity contribution < 1.29 is 9.84 Å². The largest absolute Gasteiger partial charge is 0.508 e. The normalized spacial score (nSPS) is 17.3. The van der Waals surface area contributed by atoms with Gasteiger partial charge in [0, 0.05) is 17.1 Å². The van der Waals surface area contributed by atoms with Gasteiger partial charge in [-0.25, -0.2) is 9.50 Å². The van der Waals surface area contributed by atoms with Crippen LogP contribution in [-0.2, 0) is 4.74 Å². The van der Waals surface area contributed by atoms with E-state index < -0.39 is 0 Å². The van der Waals surface area contributed by atoms with E-state index >= 15 is 0 Å². The first-order valence-corrected chi connectivity index (χ1v) is 10.1. The van der Waals surface area contributed by atoms with Gasteiger partial charge in [-0.3, -0.25) is 0 Å². The number of halogens is 1. The second kappa shape index (κ2) is 7.09. The molecule has 1 fully saturated rings. The molecule has 0 saturated carbocycles. The van der Waals surface area contributed by atoms with Crippen LogP contribution in [0, 0.1) is 0 Å². The minimum Gasteiger partial charge on any atom is -0.508 e. The Morgan fingerprint density at radius 3 is 2.82 bits per heavy atom. The molecule has 1 aliphatic rings. The van der Waals surface area contributed by atoms with E-state index in [1.807, 2.05) is 47.1 Å². The quantitative estimate of drug-likeness (QED) is 0.540. The highest BCUT2D eigenvalue weighted by atomic mass is 35.5. The summed E-state index contributed by atoms with van der Waals surface area (Å²) in [5.74, 6) is 0.251. The fourth-order valence-corrected chi connectivity index (χ4v) is 4.37. The highest BCUT2D eigenvalue weighted by molar-refractivity contribution is 7.20. The van der Waals surface area contributed by atoms with Crippen molar-refractivity contribution in [3.05, 3.63) is 65.3 Å². The lowest BCUT2D eigenvalue weighted by Gasteiger charge is -2.32. The highest BCUT2D eigenvalue weighted by Crippen LogP contribution is 2.31. The Hall–Kier alpha value is -2.61. The Balaban J connectivity index is 1.38. The van der Waals surface area contributed by atoms with E-state index in [-0.39, 0.29) is 11.9 Å². The summed E-state index contributed by atoms with van der Waals surface area (Å²) in [7, 11) is 0. The Morgan fingerprint density at radius 1 is 1.18 bits per heavy atom. The molecule has 0 radical (unpaired) electrons. The first-order chi connectivity index (χ1) is 13.7. The minimum atomic E-state index is -0.0956. The topological polar surface area (TPSA) is 62.9 Å². The number of ether oxygens (including phenoxy) is 1. The molecular formula is C20H17ClN4O2S.